The molecule has 0 aromatic carbocycles. The van der Waals surface area contributed by atoms with Crippen LogP contribution in [0.25, 0.3) is 5.82 Å². The third kappa shape index (κ3) is 2.92. The van der Waals surface area contributed by atoms with Crippen LogP contribution >= 0.6 is 0 Å². The quantitative estimate of drug-likeness (QED) is 0.779. The first kappa shape index (κ1) is 17.4. The molecule has 9 heteroatoms. The van der Waals surface area contributed by atoms with Gasteiger partial charge in [-0.1, -0.05) is 0 Å². The molecule has 2 heterocycles. The molecule has 0 radical (unpaired) electrons. The molecule has 27 heavy (non-hydrogen) atoms. The summed E-state index contributed by atoms with van der Waals surface area (Å²) in [5, 5.41) is 8.39. The number of nitrogens with zero attached hydrogens (tertiary/aromatic N) is 5. The van der Waals surface area contributed by atoms with Gasteiger partial charge in [0.05, 0.1) is 17.4 Å². The van der Waals surface area contributed by atoms with E-state index in [4.69, 9.17) is 0 Å². The first-order chi connectivity index (χ1) is 12.8. The Hall–Kier alpha value is -2.97. The molecule has 2 aliphatic rings. The second-order valence-electron chi connectivity index (χ2n) is 8.00. The van der Waals surface area contributed by atoms with Crippen LogP contribution in [-0.2, 0) is 6.42 Å². The standard InChI is InChI=1S/C18H23N7O2/c1-18(2,3)25(17(27)19-4)23-16(26)14-12-8-10-7-11(10)15(12)24(22-14)13-9-20-5-6-21-13/h5-6,9-11H,7-8H2,1-4H3,(H,19,27)(H,23,26)/t10-,11-/m1/s1. The highest BCUT2D eigenvalue weighted by atomic mass is 16.2. The number of rotatable bonds is 2. The highest BCUT2D eigenvalue weighted by molar-refractivity contribution is 5.95. The Kier molecular flexibility index (Phi) is 3.90. The summed E-state index contributed by atoms with van der Waals surface area (Å²) in [6.45, 7) is 5.54. The van der Waals surface area contributed by atoms with Gasteiger partial charge in [-0.05, 0) is 39.5 Å². The third-order valence-corrected chi connectivity index (χ3v) is 5.05. The minimum absolute atomic E-state index is 0.348. The highest BCUT2D eigenvalue weighted by Crippen LogP contribution is 2.57. The molecule has 1 saturated carbocycles. The Balaban J connectivity index is 1.69. The fourth-order valence-corrected chi connectivity index (χ4v) is 3.66. The fraction of sp³-hybridized carbons (Fsp3) is 0.500. The van der Waals surface area contributed by atoms with Gasteiger partial charge in [0.15, 0.2) is 11.5 Å². The van der Waals surface area contributed by atoms with Crippen LogP contribution in [-0.4, -0.2) is 49.3 Å². The van der Waals surface area contributed by atoms with E-state index in [0.29, 0.717) is 23.3 Å². The molecule has 4 rings (SSSR count). The molecule has 2 aromatic heterocycles. The number of aromatic nitrogens is 4. The second-order valence-corrected chi connectivity index (χ2v) is 8.00. The molecular formula is C18H23N7O2. The van der Waals surface area contributed by atoms with E-state index in [-0.39, 0.29) is 6.03 Å². The predicted molar refractivity (Wildman–Crippen MR) is 97.2 cm³/mol. The fourth-order valence-electron chi connectivity index (χ4n) is 3.66. The molecule has 2 N–H and O–H groups in total. The summed E-state index contributed by atoms with van der Waals surface area (Å²) >= 11 is 0. The van der Waals surface area contributed by atoms with Gasteiger partial charge in [0.25, 0.3) is 5.91 Å². The lowest BCUT2D eigenvalue weighted by Gasteiger charge is -2.34. The predicted octanol–water partition coefficient (Wildman–Crippen LogP) is 1.41. The smallest absolute Gasteiger partial charge is 0.336 e. The Bertz CT molecular complexity index is 900. The van der Waals surface area contributed by atoms with E-state index in [1.807, 2.05) is 20.8 Å². The first-order valence-corrected chi connectivity index (χ1v) is 9.02. The van der Waals surface area contributed by atoms with Gasteiger partial charge in [0.2, 0.25) is 0 Å². The second kappa shape index (κ2) is 6.04. The van der Waals surface area contributed by atoms with Gasteiger partial charge in [-0.25, -0.2) is 19.5 Å². The number of fused-ring (bicyclic) bond motifs is 3. The number of urea groups is 1. The SMILES string of the molecule is CNC(=O)N(NC(=O)c1nn(-c2cnccn2)c2c1C[C@H]1C[C@@H]21)C(C)(C)C. The van der Waals surface area contributed by atoms with Gasteiger partial charge >= 0.3 is 6.03 Å². The van der Waals surface area contributed by atoms with Gasteiger partial charge in [0.1, 0.15) is 0 Å². The molecule has 2 atom stereocenters. The highest BCUT2D eigenvalue weighted by Gasteiger charge is 2.50. The largest absolute Gasteiger partial charge is 0.340 e. The van der Waals surface area contributed by atoms with E-state index < -0.39 is 11.4 Å². The number of hydrogen-bond acceptors (Lipinski definition) is 5. The van der Waals surface area contributed by atoms with E-state index in [9.17, 15) is 9.59 Å². The minimum atomic E-state index is -0.589. The maximum Gasteiger partial charge on any atom is 0.336 e. The van der Waals surface area contributed by atoms with E-state index in [1.165, 1.54) is 12.1 Å². The topological polar surface area (TPSA) is 105 Å². The normalized spacial score (nSPS) is 19.9. The van der Waals surface area contributed by atoms with Gasteiger partial charge < -0.3 is 5.32 Å². The Labute approximate surface area is 157 Å². The molecular weight excluding hydrogens is 346 g/mol. The Morgan fingerprint density at radius 3 is 2.70 bits per heavy atom. The van der Waals surface area contributed by atoms with Gasteiger partial charge in [-0.15, -0.1) is 0 Å². The van der Waals surface area contributed by atoms with Crippen LogP contribution < -0.4 is 10.7 Å². The Morgan fingerprint density at radius 1 is 1.30 bits per heavy atom. The number of hydrazine groups is 1. The summed E-state index contributed by atoms with van der Waals surface area (Å²) < 4.78 is 1.73. The van der Waals surface area contributed by atoms with Crippen molar-refractivity contribution in [2.24, 2.45) is 5.92 Å². The maximum atomic E-state index is 13.0. The zero-order valence-electron chi connectivity index (χ0n) is 15.9. The van der Waals surface area contributed by atoms with Crippen LogP contribution in [0.2, 0.25) is 0 Å². The third-order valence-electron chi connectivity index (χ3n) is 5.05. The first-order valence-electron chi connectivity index (χ1n) is 9.02. The van der Waals surface area contributed by atoms with Crippen molar-refractivity contribution in [1.29, 1.82) is 0 Å². The zero-order chi connectivity index (χ0) is 19.3. The van der Waals surface area contributed by atoms with E-state index in [2.05, 4.69) is 25.8 Å². The lowest BCUT2D eigenvalue weighted by Crippen LogP contribution is -2.58. The number of amides is 3. The summed E-state index contributed by atoms with van der Waals surface area (Å²) in [5.41, 5.74) is 4.48. The molecule has 3 amide bonds. The van der Waals surface area contributed by atoms with Crippen molar-refractivity contribution in [1.82, 2.24) is 35.5 Å². The van der Waals surface area contributed by atoms with Crippen molar-refractivity contribution in [2.75, 3.05) is 7.05 Å². The average molecular weight is 369 g/mol. The molecule has 142 valence electrons. The number of hydrogen-bond donors (Lipinski definition) is 2. The van der Waals surface area contributed by atoms with E-state index >= 15 is 0 Å². The van der Waals surface area contributed by atoms with Gasteiger partial charge in [-0.2, -0.15) is 5.10 Å². The van der Waals surface area contributed by atoms with Gasteiger partial charge in [-0.3, -0.25) is 15.2 Å². The summed E-state index contributed by atoms with van der Waals surface area (Å²) in [7, 11) is 1.53. The average Bonchev–Trinajstić information content (AvgIpc) is 3.14. The number of carbonyl (C=O) groups is 2. The maximum absolute atomic E-state index is 13.0. The molecule has 2 aromatic rings. The summed E-state index contributed by atoms with van der Waals surface area (Å²) in [5.74, 6) is 1.20. The molecule has 2 aliphatic carbocycles. The van der Waals surface area contributed by atoms with E-state index in [1.54, 1.807) is 23.3 Å². The van der Waals surface area contributed by atoms with Crippen LogP contribution in [0.5, 0.6) is 0 Å². The molecule has 0 bridgehead atoms. The van der Waals surface area contributed by atoms with Crippen LogP contribution in [0.3, 0.4) is 0 Å². The van der Waals surface area contributed by atoms with Gasteiger partial charge in [0, 0.05) is 30.9 Å². The van der Waals surface area contributed by atoms with Crippen LogP contribution in [0.1, 0.15) is 54.9 Å². The molecule has 0 saturated heterocycles. The number of nitrogens with one attached hydrogen (secondary N) is 2. The summed E-state index contributed by atoms with van der Waals surface area (Å²) in [4.78, 5) is 33.6. The summed E-state index contributed by atoms with van der Waals surface area (Å²) in [6, 6.07) is -0.385. The van der Waals surface area contributed by atoms with Crippen molar-refractivity contribution >= 4 is 11.9 Å². The van der Waals surface area contributed by atoms with Crippen LogP contribution in [0.15, 0.2) is 18.6 Å². The lowest BCUT2D eigenvalue weighted by atomic mass is 10.1. The molecule has 9 nitrogen and oxygen atoms in total. The zero-order valence-corrected chi connectivity index (χ0v) is 15.9. The number of carbonyl (C=O) groups excluding carboxylic acids is 2. The molecule has 0 unspecified atom stereocenters. The Morgan fingerprint density at radius 2 is 2.07 bits per heavy atom. The van der Waals surface area contributed by atoms with Crippen molar-refractivity contribution in [3.05, 3.63) is 35.5 Å². The van der Waals surface area contributed by atoms with Crippen LogP contribution in [0, 0.1) is 5.92 Å². The van der Waals surface area contributed by atoms with Crippen molar-refractivity contribution in [3.63, 3.8) is 0 Å². The monoisotopic (exact) mass is 369 g/mol. The van der Waals surface area contributed by atoms with Crippen molar-refractivity contribution in [2.45, 2.75) is 45.1 Å². The van der Waals surface area contributed by atoms with Crippen molar-refractivity contribution in [3.8, 4) is 5.82 Å². The lowest BCUT2D eigenvalue weighted by molar-refractivity contribution is 0.0656. The van der Waals surface area contributed by atoms with E-state index in [0.717, 1.165) is 24.1 Å². The van der Waals surface area contributed by atoms with Crippen LogP contribution in [0.4, 0.5) is 4.79 Å². The molecule has 1 fully saturated rings. The van der Waals surface area contributed by atoms with Crippen molar-refractivity contribution < 1.29 is 9.59 Å². The summed E-state index contributed by atoms with van der Waals surface area (Å²) in [6.07, 6.45) is 6.79. The molecule has 0 aliphatic heterocycles. The minimum Gasteiger partial charge on any atom is -0.340 e. The molecule has 0 spiro atoms.